The molecule has 1 aliphatic carbocycles. The van der Waals surface area contributed by atoms with E-state index in [0.717, 1.165) is 18.6 Å². The molecule has 0 unspecified atom stereocenters. The summed E-state index contributed by atoms with van der Waals surface area (Å²) in [6, 6.07) is 4.27. The molecule has 0 amide bonds. The van der Waals surface area contributed by atoms with Crippen LogP contribution in [0.15, 0.2) is 22.8 Å². The van der Waals surface area contributed by atoms with Gasteiger partial charge in [0.15, 0.2) is 0 Å². The molecule has 0 saturated heterocycles. The molecule has 2 aromatic heterocycles. The third kappa shape index (κ3) is 3.05. The fourth-order valence-electron chi connectivity index (χ4n) is 2.07. The number of furan rings is 1. The number of hydrogen-bond acceptors (Lipinski definition) is 8. The highest BCUT2D eigenvalue weighted by Crippen LogP contribution is 2.32. The molecule has 2 heterocycles. The number of hydrogen-bond donors (Lipinski definition) is 2. The lowest BCUT2D eigenvalue weighted by atomic mass is 10.4. The molecule has 3 N–H and O–H groups in total. The molecule has 0 aromatic carbocycles. The van der Waals surface area contributed by atoms with E-state index >= 15 is 0 Å². The van der Waals surface area contributed by atoms with Crippen LogP contribution in [0.5, 0.6) is 0 Å². The molecule has 1 fully saturated rings. The topological polar surface area (TPSA) is 96.3 Å². The molecule has 0 bridgehead atoms. The van der Waals surface area contributed by atoms with E-state index in [1.807, 2.05) is 31.1 Å². The van der Waals surface area contributed by atoms with Crippen molar-refractivity contribution in [3.8, 4) is 0 Å². The molecule has 112 valence electrons. The number of nitrogens with two attached hydrogens (primary N) is 1. The summed E-state index contributed by atoms with van der Waals surface area (Å²) in [6.07, 6.45) is 3.94. The van der Waals surface area contributed by atoms with Gasteiger partial charge in [0, 0.05) is 20.1 Å². The fraction of sp³-hybridized carbons (Fsp3) is 0.462. The summed E-state index contributed by atoms with van der Waals surface area (Å²) in [6.45, 7) is 0.637. The van der Waals surface area contributed by atoms with E-state index in [4.69, 9.17) is 10.3 Å². The Morgan fingerprint density at radius 1 is 1.29 bits per heavy atom. The molecule has 3 rings (SSSR count). The van der Waals surface area contributed by atoms with Crippen LogP contribution in [0.3, 0.4) is 0 Å². The Hall–Kier alpha value is -2.35. The van der Waals surface area contributed by atoms with Crippen LogP contribution in [0, 0.1) is 0 Å². The van der Waals surface area contributed by atoms with E-state index in [2.05, 4.69) is 25.3 Å². The smallest absolute Gasteiger partial charge is 0.243 e. The second-order valence-corrected chi connectivity index (χ2v) is 5.24. The van der Waals surface area contributed by atoms with Crippen molar-refractivity contribution in [3.05, 3.63) is 24.2 Å². The Balaban J connectivity index is 1.92. The molecule has 0 atom stereocenters. The second kappa shape index (κ2) is 5.57. The highest BCUT2D eigenvalue weighted by Gasteiger charge is 2.32. The molecular formula is C13H19N7O. The molecule has 0 aliphatic heterocycles. The first-order valence-electron chi connectivity index (χ1n) is 6.86. The quantitative estimate of drug-likeness (QED) is 0.600. The first kappa shape index (κ1) is 13.6. The van der Waals surface area contributed by atoms with Crippen LogP contribution in [-0.2, 0) is 6.54 Å². The zero-order valence-corrected chi connectivity index (χ0v) is 12.2. The molecule has 1 aliphatic rings. The predicted octanol–water partition coefficient (Wildman–Crippen LogP) is 0.985. The zero-order valence-electron chi connectivity index (χ0n) is 12.2. The van der Waals surface area contributed by atoms with Crippen molar-refractivity contribution in [2.24, 2.45) is 5.84 Å². The summed E-state index contributed by atoms with van der Waals surface area (Å²) in [5.74, 6) is 7.88. The minimum atomic E-state index is 0.355. The molecule has 0 spiro atoms. The van der Waals surface area contributed by atoms with Crippen LogP contribution in [0.25, 0.3) is 0 Å². The maximum Gasteiger partial charge on any atom is 0.243 e. The third-order valence-electron chi connectivity index (χ3n) is 3.29. The summed E-state index contributed by atoms with van der Waals surface area (Å²) >= 11 is 0. The Morgan fingerprint density at radius 2 is 2.05 bits per heavy atom. The van der Waals surface area contributed by atoms with Gasteiger partial charge in [0.05, 0.1) is 12.8 Å². The Bertz CT molecular complexity index is 595. The maximum atomic E-state index is 5.46. The van der Waals surface area contributed by atoms with Gasteiger partial charge in [0.25, 0.3) is 0 Å². The van der Waals surface area contributed by atoms with Crippen molar-refractivity contribution in [2.45, 2.75) is 25.4 Å². The molecule has 8 heteroatoms. The minimum Gasteiger partial charge on any atom is -0.467 e. The van der Waals surface area contributed by atoms with Gasteiger partial charge in [0.2, 0.25) is 17.8 Å². The standard InChI is InChI=1S/C13H19N7O/c1-19(2)12-15-11(18-14)16-13(17-12)20(9-5-6-9)8-10-4-3-7-21-10/h3-4,7,9H,5-6,8,14H2,1-2H3,(H,15,16,17,18). The zero-order chi connectivity index (χ0) is 14.8. The van der Waals surface area contributed by atoms with E-state index < -0.39 is 0 Å². The van der Waals surface area contributed by atoms with E-state index in [0.29, 0.717) is 30.4 Å². The normalized spacial score (nSPS) is 14.0. The molecular weight excluding hydrogens is 270 g/mol. The lowest BCUT2D eigenvalue weighted by Crippen LogP contribution is -2.29. The van der Waals surface area contributed by atoms with E-state index in [-0.39, 0.29) is 0 Å². The fourth-order valence-corrected chi connectivity index (χ4v) is 2.07. The first-order chi connectivity index (χ1) is 10.2. The summed E-state index contributed by atoms with van der Waals surface area (Å²) < 4.78 is 5.43. The van der Waals surface area contributed by atoms with E-state index in [9.17, 15) is 0 Å². The first-order valence-corrected chi connectivity index (χ1v) is 6.86. The van der Waals surface area contributed by atoms with E-state index in [1.54, 1.807) is 6.26 Å². The second-order valence-electron chi connectivity index (χ2n) is 5.24. The van der Waals surface area contributed by atoms with Gasteiger partial charge in [-0.15, -0.1) is 0 Å². The lowest BCUT2D eigenvalue weighted by Gasteiger charge is -2.22. The summed E-state index contributed by atoms with van der Waals surface area (Å²) in [7, 11) is 3.76. The summed E-state index contributed by atoms with van der Waals surface area (Å²) in [5, 5.41) is 0. The van der Waals surface area contributed by atoms with Gasteiger partial charge in [-0.1, -0.05) is 0 Å². The number of hydrazine groups is 1. The van der Waals surface area contributed by atoms with Crippen molar-refractivity contribution in [3.63, 3.8) is 0 Å². The lowest BCUT2D eigenvalue weighted by molar-refractivity contribution is 0.499. The van der Waals surface area contributed by atoms with Gasteiger partial charge in [-0.25, -0.2) is 5.84 Å². The maximum absolute atomic E-state index is 5.46. The predicted molar refractivity (Wildman–Crippen MR) is 79.9 cm³/mol. The largest absolute Gasteiger partial charge is 0.467 e. The SMILES string of the molecule is CN(C)c1nc(NN)nc(N(Cc2ccco2)C2CC2)n1. The molecule has 2 aromatic rings. The van der Waals surface area contributed by atoms with Crippen LogP contribution < -0.4 is 21.1 Å². The molecule has 0 radical (unpaired) electrons. The molecule has 21 heavy (non-hydrogen) atoms. The minimum absolute atomic E-state index is 0.355. The summed E-state index contributed by atoms with van der Waals surface area (Å²) in [5.41, 5.74) is 2.50. The van der Waals surface area contributed by atoms with Crippen molar-refractivity contribution in [2.75, 3.05) is 29.3 Å². The Labute approximate surface area is 123 Å². The van der Waals surface area contributed by atoms with Crippen molar-refractivity contribution in [1.82, 2.24) is 15.0 Å². The number of nitrogen functional groups attached to an aromatic ring is 1. The molecule has 1 saturated carbocycles. The average Bonchev–Trinajstić information content (AvgIpc) is 3.20. The monoisotopic (exact) mass is 289 g/mol. The van der Waals surface area contributed by atoms with Crippen LogP contribution in [-0.4, -0.2) is 35.1 Å². The van der Waals surface area contributed by atoms with Gasteiger partial charge in [-0.2, -0.15) is 15.0 Å². The van der Waals surface area contributed by atoms with Gasteiger partial charge >= 0.3 is 0 Å². The van der Waals surface area contributed by atoms with Gasteiger partial charge in [-0.3, -0.25) is 5.43 Å². The van der Waals surface area contributed by atoms with Crippen LogP contribution in [0.4, 0.5) is 17.8 Å². The number of rotatable bonds is 6. The third-order valence-corrected chi connectivity index (χ3v) is 3.29. The number of nitrogens with zero attached hydrogens (tertiary/aromatic N) is 5. The van der Waals surface area contributed by atoms with Crippen molar-refractivity contribution >= 4 is 17.8 Å². The van der Waals surface area contributed by atoms with Crippen LogP contribution in [0.2, 0.25) is 0 Å². The number of nitrogens with one attached hydrogen (secondary N) is 1. The van der Waals surface area contributed by atoms with Crippen molar-refractivity contribution < 1.29 is 4.42 Å². The molecule has 8 nitrogen and oxygen atoms in total. The Kier molecular flexibility index (Phi) is 3.61. The van der Waals surface area contributed by atoms with Gasteiger partial charge in [0.1, 0.15) is 5.76 Å². The van der Waals surface area contributed by atoms with Crippen molar-refractivity contribution in [1.29, 1.82) is 0 Å². The van der Waals surface area contributed by atoms with Gasteiger partial charge in [-0.05, 0) is 25.0 Å². The number of aromatic nitrogens is 3. The van der Waals surface area contributed by atoms with Crippen LogP contribution in [0.1, 0.15) is 18.6 Å². The van der Waals surface area contributed by atoms with E-state index in [1.165, 1.54) is 0 Å². The highest BCUT2D eigenvalue weighted by molar-refractivity contribution is 5.45. The Morgan fingerprint density at radius 3 is 2.62 bits per heavy atom. The van der Waals surface area contributed by atoms with Crippen LogP contribution >= 0.6 is 0 Å². The average molecular weight is 289 g/mol. The van der Waals surface area contributed by atoms with Gasteiger partial charge < -0.3 is 14.2 Å². The number of anilines is 3. The summed E-state index contributed by atoms with van der Waals surface area (Å²) in [4.78, 5) is 17.1. The highest BCUT2D eigenvalue weighted by atomic mass is 16.3.